The van der Waals surface area contributed by atoms with Crippen molar-refractivity contribution in [2.75, 3.05) is 18.0 Å². The van der Waals surface area contributed by atoms with E-state index < -0.39 is 11.9 Å². The van der Waals surface area contributed by atoms with Gasteiger partial charge < -0.3 is 9.80 Å². The van der Waals surface area contributed by atoms with E-state index in [9.17, 15) is 18.0 Å². The molecule has 0 aromatic carbocycles. The Labute approximate surface area is 157 Å². The van der Waals surface area contributed by atoms with Gasteiger partial charge in [-0.15, -0.1) is 0 Å². The molecule has 0 radical (unpaired) electrons. The number of rotatable bonds is 3. The topological polar surface area (TPSA) is 49.3 Å². The van der Waals surface area contributed by atoms with Crippen LogP contribution in [-0.2, 0) is 11.0 Å². The van der Waals surface area contributed by atoms with Crippen LogP contribution in [0.4, 0.5) is 19.0 Å². The van der Waals surface area contributed by atoms with Crippen LogP contribution < -0.4 is 4.90 Å². The number of carbonyl (C=O) groups excluding carboxylic acids is 1. The van der Waals surface area contributed by atoms with Crippen molar-refractivity contribution >= 4 is 11.7 Å². The highest BCUT2D eigenvalue weighted by Crippen LogP contribution is 2.43. The number of piperidine rings is 3. The number of aromatic nitrogens is 2. The molecular formula is C19H25F3N4O. The van der Waals surface area contributed by atoms with Crippen LogP contribution in [0, 0.1) is 11.8 Å². The molecule has 3 aliphatic heterocycles. The molecule has 8 heteroatoms. The summed E-state index contributed by atoms with van der Waals surface area (Å²) in [6.07, 6.45) is 2.05. The smallest absolute Gasteiger partial charge is 0.356 e. The summed E-state index contributed by atoms with van der Waals surface area (Å²) >= 11 is 0. The average molecular weight is 382 g/mol. The van der Waals surface area contributed by atoms with Crippen LogP contribution in [0.1, 0.15) is 51.1 Å². The van der Waals surface area contributed by atoms with Crippen molar-refractivity contribution in [3.8, 4) is 0 Å². The van der Waals surface area contributed by atoms with E-state index in [1.807, 2.05) is 4.90 Å². The lowest BCUT2D eigenvalue weighted by Crippen LogP contribution is -2.65. The molecule has 0 saturated carbocycles. The number of hydrogen-bond acceptors (Lipinski definition) is 4. The SMILES string of the molecule is CCC[C@H]1[C@H]2C[C@H](CN(c3cc(C(F)(F)F)ncn3)C2)[C@@H]2CCCC(=O)N21. The third-order valence-corrected chi connectivity index (χ3v) is 6.35. The molecular weight excluding hydrogens is 357 g/mol. The van der Waals surface area contributed by atoms with Crippen molar-refractivity contribution in [1.82, 2.24) is 14.9 Å². The number of anilines is 1. The number of alkyl halides is 3. The minimum absolute atomic E-state index is 0.191. The Bertz CT molecular complexity index is 710. The zero-order valence-electron chi connectivity index (χ0n) is 15.5. The molecule has 0 unspecified atom stereocenters. The minimum Gasteiger partial charge on any atom is -0.356 e. The molecule has 4 rings (SSSR count). The summed E-state index contributed by atoms with van der Waals surface area (Å²) in [5, 5.41) is 0. The van der Waals surface area contributed by atoms with E-state index in [1.165, 1.54) is 0 Å². The van der Waals surface area contributed by atoms with Crippen LogP contribution in [-0.4, -0.2) is 45.9 Å². The van der Waals surface area contributed by atoms with Gasteiger partial charge in [0.2, 0.25) is 5.91 Å². The van der Waals surface area contributed by atoms with Gasteiger partial charge in [-0.3, -0.25) is 4.79 Å². The average Bonchev–Trinajstić information content (AvgIpc) is 2.65. The third-order valence-electron chi connectivity index (χ3n) is 6.35. The number of hydrogen-bond donors (Lipinski definition) is 0. The Morgan fingerprint density at radius 1 is 1.22 bits per heavy atom. The second kappa shape index (κ2) is 6.95. The molecule has 4 heterocycles. The standard InChI is InChI=1S/C19H25F3N4O/c1-2-4-14-12-7-13(15-5-3-6-18(27)26(14)15)10-25(9-12)17-8-16(19(20,21)22)23-11-24-17/h8,11-15H,2-7,9-10H2,1H3/t12-,13+,14-,15-/m0/s1. The first-order valence-electron chi connectivity index (χ1n) is 9.83. The third kappa shape index (κ3) is 3.38. The lowest BCUT2D eigenvalue weighted by atomic mass is 9.71. The van der Waals surface area contributed by atoms with Gasteiger partial charge in [-0.25, -0.2) is 9.97 Å². The predicted molar refractivity (Wildman–Crippen MR) is 94.0 cm³/mol. The Balaban J connectivity index is 1.62. The zero-order chi connectivity index (χ0) is 19.2. The van der Waals surface area contributed by atoms with Crippen molar-refractivity contribution in [3.63, 3.8) is 0 Å². The van der Waals surface area contributed by atoms with Crippen LogP contribution in [0.15, 0.2) is 12.4 Å². The maximum atomic E-state index is 13.0. The maximum absolute atomic E-state index is 13.0. The Kier molecular flexibility index (Phi) is 4.76. The van der Waals surface area contributed by atoms with Crippen LogP contribution in [0.3, 0.4) is 0 Å². The number of fused-ring (bicyclic) bond motifs is 4. The number of amides is 1. The molecule has 1 aromatic heterocycles. The number of halogens is 3. The number of nitrogens with zero attached hydrogens (tertiary/aromatic N) is 4. The normalized spacial score (nSPS) is 31.0. The van der Waals surface area contributed by atoms with Gasteiger partial charge >= 0.3 is 6.18 Å². The summed E-state index contributed by atoms with van der Waals surface area (Å²) in [5.74, 6) is 1.18. The lowest BCUT2D eigenvalue weighted by Gasteiger charge is -2.57. The quantitative estimate of drug-likeness (QED) is 0.803. The van der Waals surface area contributed by atoms with E-state index in [0.29, 0.717) is 31.2 Å². The molecule has 4 atom stereocenters. The predicted octanol–water partition coefficient (Wildman–Crippen LogP) is 3.50. The molecule has 1 amide bonds. The van der Waals surface area contributed by atoms with E-state index in [-0.39, 0.29) is 23.9 Å². The molecule has 0 N–H and O–H groups in total. The van der Waals surface area contributed by atoms with Crippen molar-refractivity contribution < 1.29 is 18.0 Å². The summed E-state index contributed by atoms with van der Waals surface area (Å²) in [4.78, 5) is 24.3. The molecule has 2 bridgehead atoms. The fourth-order valence-electron chi connectivity index (χ4n) is 5.31. The Morgan fingerprint density at radius 2 is 2.00 bits per heavy atom. The molecule has 3 saturated heterocycles. The summed E-state index contributed by atoms with van der Waals surface area (Å²) in [5.41, 5.74) is -0.900. The van der Waals surface area contributed by atoms with Gasteiger partial charge in [-0.1, -0.05) is 13.3 Å². The summed E-state index contributed by atoms with van der Waals surface area (Å²) < 4.78 is 39.1. The highest BCUT2D eigenvalue weighted by atomic mass is 19.4. The lowest BCUT2D eigenvalue weighted by molar-refractivity contribution is -0.149. The van der Waals surface area contributed by atoms with E-state index in [2.05, 4.69) is 21.8 Å². The Hall–Kier alpha value is -1.86. The monoisotopic (exact) mass is 382 g/mol. The van der Waals surface area contributed by atoms with Crippen molar-refractivity contribution in [2.45, 2.75) is 63.7 Å². The summed E-state index contributed by atoms with van der Waals surface area (Å²) in [6.45, 7) is 3.42. The highest BCUT2D eigenvalue weighted by molar-refractivity contribution is 5.78. The van der Waals surface area contributed by atoms with Crippen LogP contribution in [0.5, 0.6) is 0 Å². The molecule has 3 fully saturated rings. The largest absolute Gasteiger partial charge is 0.433 e. The van der Waals surface area contributed by atoms with Gasteiger partial charge in [0.25, 0.3) is 0 Å². The molecule has 3 aliphatic rings. The number of carbonyl (C=O) groups is 1. The fraction of sp³-hybridized carbons (Fsp3) is 0.737. The molecule has 5 nitrogen and oxygen atoms in total. The molecule has 1 aromatic rings. The summed E-state index contributed by atoms with van der Waals surface area (Å²) in [6, 6.07) is 1.46. The van der Waals surface area contributed by atoms with Gasteiger partial charge in [0, 0.05) is 37.7 Å². The van der Waals surface area contributed by atoms with Gasteiger partial charge in [0.15, 0.2) is 0 Å². The highest BCUT2D eigenvalue weighted by Gasteiger charge is 2.49. The zero-order valence-corrected chi connectivity index (χ0v) is 15.5. The molecule has 0 aliphatic carbocycles. The minimum atomic E-state index is -4.47. The van der Waals surface area contributed by atoms with E-state index >= 15 is 0 Å². The van der Waals surface area contributed by atoms with Gasteiger partial charge in [0.1, 0.15) is 17.8 Å². The van der Waals surface area contributed by atoms with Gasteiger partial charge in [0.05, 0.1) is 0 Å². The maximum Gasteiger partial charge on any atom is 0.433 e. The summed E-state index contributed by atoms with van der Waals surface area (Å²) in [7, 11) is 0. The van der Waals surface area contributed by atoms with Gasteiger partial charge in [-0.2, -0.15) is 13.2 Å². The van der Waals surface area contributed by atoms with Crippen molar-refractivity contribution in [2.24, 2.45) is 11.8 Å². The van der Waals surface area contributed by atoms with Crippen LogP contribution >= 0.6 is 0 Å². The molecule has 148 valence electrons. The fourth-order valence-corrected chi connectivity index (χ4v) is 5.31. The van der Waals surface area contributed by atoms with Crippen molar-refractivity contribution in [3.05, 3.63) is 18.1 Å². The molecule has 0 spiro atoms. The second-order valence-corrected chi connectivity index (χ2v) is 8.04. The van der Waals surface area contributed by atoms with Gasteiger partial charge in [-0.05, 0) is 37.5 Å². The van der Waals surface area contributed by atoms with Crippen molar-refractivity contribution in [1.29, 1.82) is 0 Å². The van der Waals surface area contributed by atoms with Crippen LogP contribution in [0.2, 0.25) is 0 Å². The first-order chi connectivity index (χ1) is 12.9. The molecule has 27 heavy (non-hydrogen) atoms. The van der Waals surface area contributed by atoms with E-state index in [0.717, 1.165) is 44.5 Å². The first-order valence-corrected chi connectivity index (χ1v) is 9.83. The van der Waals surface area contributed by atoms with Crippen LogP contribution in [0.25, 0.3) is 0 Å². The van der Waals surface area contributed by atoms with E-state index in [4.69, 9.17) is 0 Å². The second-order valence-electron chi connectivity index (χ2n) is 8.04. The first kappa shape index (κ1) is 18.5. The van der Waals surface area contributed by atoms with E-state index in [1.54, 1.807) is 0 Å². The Morgan fingerprint density at radius 3 is 2.74 bits per heavy atom.